The molecule has 0 unspecified atom stereocenters. The number of benzene rings is 1. The number of carbonyl (C=O) groups is 2. The van der Waals surface area contributed by atoms with Crippen molar-refractivity contribution in [2.45, 2.75) is 31.9 Å². The Morgan fingerprint density at radius 1 is 1.43 bits per heavy atom. The van der Waals surface area contributed by atoms with E-state index in [9.17, 15) is 14.7 Å². The molecule has 3 amide bonds. The predicted molar refractivity (Wildman–Crippen MR) is 74.5 cm³/mol. The van der Waals surface area contributed by atoms with Crippen LogP contribution in [0.5, 0.6) is 0 Å². The molecule has 2 aliphatic heterocycles. The highest BCUT2D eigenvalue weighted by Gasteiger charge is 2.52. The summed E-state index contributed by atoms with van der Waals surface area (Å²) in [6, 6.07) is 5.81. The molecule has 2 fully saturated rings. The molecule has 3 rings (SSSR count). The number of fused-ring (bicyclic) bond motifs is 1. The van der Waals surface area contributed by atoms with E-state index in [1.807, 2.05) is 6.92 Å². The smallest absolute Gasteiger partial charge is 0.332 e. The number of nitriles is 1. The van der Waals surface area contributed by atoms with Crippen molar-refractivity contribution in [1.82, 2.24) is 4.90 Å². The second kappa shape index (κ2) is 4.86. The van der Waals surface area contributed by atoms with Crippen LogP contribution in [0.3, 0.4) is 0 Å². The number of imide groups is 1. The van der Waals surface area contributed by atoms with Gasteiger partial charge in [-0.1, -0.05) is 6.92 Å². The fourth-order valence-corrected chi connectivity index (χ4v) is 3.02. The number of anilines is 1. The largest absolute Gasteiger partial charge is 0.390 e. The summed E-state index contributed by atoms with van der Waals surface area (Å²) in [6.45, 7) is 2.30. The molecular formula is C15H15N3O3. The van der Waals surface area contributed by atoms with Gasteiger partial charge in [-0.25, -0.2) is 9.69 Å². The molecule has 6 heteroatoms. The van der Waals surface area contributed by atoms with Crippen LogP contribution in [0.25, 0.3) is 0 Å². The van der Waals surface area contributed by atoms with E-state index in [4.69, 9.17) is 5.26 Å². The third-order valence-corrected chi connectivity index (χ3v) is 4.11. The van der Waals surface area contributed by atoms with Crippen LogP contribution >= 0.6 is 0 Å². The summed E-state index contributed by atoms with van der Waals surface area (Å²) in [4.78, 5) is 27.4. The Morgan fingerprint density at radius 2 is 2.19 bits per heavy atom. The minimum Gasteiger partial charge on any atom is -0.390 e. The summed E-state index contributed by atoms with van der Waals surface area (Å²) in [5.74, 6) is -0.385. The monoisotopic (exact) mass is 285 g/mol. The number of hydrogen-bond acceptors (Lipinski definition) is 4. The molecule has 2 aliphatic rings. The Hall–Kier alpha value is -2.39. The molecule has 1 aromatic rings. The predicted octanol–water partition coefficient (Wildman–Crippen LogP) is 1.02. The lowest BCUT2D eigenvalue weighted by atomic mass is 10.1. The van der Waals surface area contributed by atoms with Crippen molar-refractivity contribution in [3.63, 3.8) is 0 Å². The van der Waals surface area contributed by atoms with Gasteiger partial charge in [-0.2, -0.15) is 5.26 Å². The maximum absolute atomic E-state index is 12.5. The van der Waals surface area contributed by atoms with Crippen molar-refractivity contribution in [1.29, 1.82) is 5.26 Å². The van der Waals surface area contributed by atoms with Gasteiger partial charge in [0.1, 0.15) is 6.04 Å². The van der Waals surface area contributed by atoms with E-state index < -0.39 is 12.1 Å². The number of aliphatic hydroxyl groups is 1. The zero-order valence-electron chi connectivity index (χ0n) is 11.6. The molecular weight excluding hydrogens is 270 g/mol. The average molecular weight is 285 g/mol. The molecule has 6 nitrogen and oxygen atoms in total. The number of carbonyl (C=O) groups excluding carboxylic acids is 2. The Bertz CT molecular complexity index is 665. The number of aryl methyl sites for hydroxylation is 1. The molecule has 0 radical (unpaired) electrons. The van der Waals surface area contributed by atoms with Crippen molar-refractivity contribution in [2.24, 2.45) is 0 Å². The van der Waals surface area contributed by atoms with Gasteiger partial charge in [0.15, 0.2) is 0 Å². The first-order valence-electron chi connectivity index (χ1n) is 6.94. The van der Waals surface area contributed by atoms with E-state index in [1.54, 1.807) is 18.2 Å². The Labute approximate surface area is 122 Å². The van der Waals surface area contributed by atoms with Crippen LogP contribution < -0.4 is 4.90 Å². The highest BCUT2D eigenvalue weighted by atomic mass is 16.3. The molecule has 21 heavy (non-hydrogen) atoms. The standard InChI is InChI=1S/C15H15N3O3/c1-2-10-7-9(8-16)3-4-11(10)18-14(20)13-12(19)5-6-17(13)15(18)21/h3-4,7,12-13,19H,2,5-6H2,1H3/t12-,13+/m1/s1. The van der Waals surface area contributed by atoms with Gasteiger partial charge < -0.3 is 10.0 Å². The van der Waals surface area contributed by atoms with Crippen molar-refractivity contribution >= 4 is 17.6 Å². The number of amides is 3. The third kappa shape index (κ3) is 1.89. The zero-order chi connectivity index (χ0) is 15.1. The Kier molecular flexibility index (Phi) is 3.15. The fraction of sp³-hybridized carbons (Fsp3) is 0.400. The normalized spacial score (nSPS) is 24.4. The molecule has 0 saturated carbocycles. The van der Waals surface area contributed by atoms with E-state index in [2.05, 4.69) is 6.07 Å². The molecule has 2 atom stereocenters. The van der Waals surface area contributed by atoms with Gasteiger partial charge in [0.2, 0.25) is 0 Å². The molecule has 0 bridgehead atoms. The molecule has 1 aromatic carbocycles. The summed E-state index contributed by atoms with van der Waals surface area (Å²) in [5.41, 5.74) is 1.77. The molecule has 0 spiro atoms. The van der Waals surface area contributed by atoms with Gasteiger partial charge in [0.05, 0.1) is 23.4 Å². The molecule has 2 saturated heterocycles. The minimum atomic E-state index is -0.796. The van der Waals surface area contributed by atoms with Crippen LogP contribution in [0.2, 0.25) is 0 Å². The van der Waals surface area contributed by atoms with Gasteiger partial charge in [0.25, 0.3) is 5.91 Å². The van der Waals surface area contributed by atoms with E-state index in [-0.39, 0.29) is 11.9 Å². The second-order valence-electron chi connectivity index (χ2n) is 5.26. The maximum atomic E-state index is 12.5. The molecule has 108 valence electrons. The minimum absolute atomic E-state index is 0.385. The first-order valence-corrected chi connectivity index (χ1v) is 6.94. The summed E-state index contributed by atoms with van der Waals surface area (Å²) >= 11 is 0. The van der Waals surface area contributed by atoms with Gasteiger partial charge in [-0.3, -0.25) is 4.79 Å². The van der Waals surface area contributed by atoms with E-state index in [0.717, 1.165) is 10.5 Å². The maximum Gasteiger partial charge on any atom is 0.332 e. The van der Waals surface area contributed by atoms with E-state index in [1.165, 1.54) is 4.90 Å². The third-order valence-electron chi connectivity index (χ3n) is 4.11. The highest BCUT2D eigenvalue weighted by molar-refractivity contribution is 6.22. The van der Waals surface area contributed by atoms with Crippen LogP contribution in [-0.2, 0) is 11.2 Å². The first kappa shape index (κ1) is 13.6. The number of hydrogen-bond donors (Lipinski definition) is 1. The van der Waals surface area contributed by atoms with Gasteiger partial charge in [-0.15, -0.1) is 0 Å². The SMILES string of the molecule is CCc1cc(C#N)ccc1N1C(=O)[C@@H]2[C@H](O)CCN2C1=O. The lowest BCUT2D eigenvalue weighted by Gasteiger charge is -2.18. The van der Waals surface area contributed by atoms with Crippen LogP contribution in [-0.4, -0.2) is 40.6 Å². The Morgan fingerprint density at radius 3 is 2.81 bits per heavy atom. The number of aliphatic hydroxyl groups excluding tert-OH is 1. The van der Waals surface area contributed by atoms with Crippen molar-refractivity contribution in [3.05, 3.63) is 29.3 Å². The lowest BCUT2D eigenvalue weighted by Crippen LogP contribution is -2.36. The van der Waals surface area contributed by atoms with Crippen LogP contribution in [0.1, 0.15) is 24.5 Å². The van der Waals surface area contributed by atoms with E-state index in [0.29, 0.717) is 30.6 Å². The molecule has 1 N–H and O–H groups in total. The summed E-state index contributed by atoms with van der Waals surface area (Å²) in [6.07, 6.45) is 0.244. The molecule has 2 heterocycles. The lowest BCUT2D eigenvalue weighted by molar-refractivity contribution is -0.121. The highest BCUT2D eigenvalue weighted by Crippen LogP contribution is 2.33. The van der Waals surface area contributed by atoms with Gasteiger partial charge in [0, 0.05) is 6.54 Å². The fourth-order valence-electron chi connectivity index (χ4n) is 3.02. The second-order valence-corrected chi connectivity index (χ2v) is 5.26. The summed E-state index contributed by atoms with van der Waals surface area (Å²) < 4.78 is 0. The zero-order valence-corrected chi connectivity index (χ0v) is 11.6. The van der Waals surface area contributed by atoms with Crippen LogP contribution in [0.4, 0.5) is 10.5 Å². The van der Waals surface area contributed by atoms with Gasteiger partial charge >= 0.3 is 6.03 Å². The van der Waals surface area contributed by atoms with Crippen LogP contribution in [0, 0.1) is 11.3 Å². The van der Waals surface area contributed by atoms with Crippen LogP contribution in [0.15, 0.2) is 18.2 Å². The van der Waals surface area contributed by atoms with E-state index >= 15 is 0 Å². The van der Waals surface area contributed by atoms with Crippen molar-refractivity contribution in [3.8, 4) is 6.07 Å². The topological polar surface area (TPSA) is 84.6 Å². The first-order chi connectivity index (χ1) is 10.1. The number of nitrogens with zero attached hydrogens (tertiary/aromatic N) is 3. The van der Waals surface area contributed by atoms with Crippen molar-refractivity contribution in [2.75, 3.05) is 11.4 Å². The molecule has 0 aliphatic carbocycles. The Balaban J connectivity index is 2.04. The quantitative estimate of drug-likeness (QED) is 0.822. The number of rotatable bonds is 2. The van der Waals surface area contributed by atoms with Crippen molar-refractivity contribution < 1.29 is 14.7 Å². The summed E-state index contributed by atoms with van der Waals surface area (Å²) in [5, 5.41) is 18.8. The molecule has 0 aromatic heterocycles. The number of urea groups is 1. The summed E-state index contributed by atoms with van der Waals surface area (Å²) in [7, 11) is 0. The average Bonchev–Trinajstić information content (AvgIpc) is 2.99. The van der Waals surface area contributed by atoms with Gasteiger partial charge in [-0.05, 0) is 36.6 Å².